The van der Waals surface area contributed by atoms with Crippen LogP contribution in [-0.2, 0) is 9.47 Å². The minimum absolute atomic E-state index is 0. The van der Waals surface area contributed by atoms with E-state index in [2.05, 4.69) is 27.4 Å². The minimum atomic E-state index is 0. The number of ether oxygens (including phenoxy) is 2. The van der Waals surface area contributed by atoms with Crippen LogP contribution in [0.25, 0.3) is 0 Å². The monoisotopic (exact) mass is 468 g/mol. The highest BCUT2D eigenvalue weighted by atomic mass is 127. The summed E-state index contributed by atoms with van der Waals surface area (Å²) in [6.45, 7) is 10.2. The third-order valence-electron chi connectivity index (χ3n) is 4.91. The number of halogens is 1. The van der Waals surface area contributed by atoms with Crippen LogP contribution in [0, 0.1) is 5.92 Å². The predicted molar refractivity (Wildman–Crippen MR) is 114 cm³/mol. The molecule has 2 heterocycles. The van der Waals surface area contributed by atoms with Crippen LogP contribution in [0.3, 0.4) is 0 Å². The van der Waals surface area contributed by atoms with Gasteiger partial charge in [-0.25, -0.2) is 0 Å². The van der Waals surface area contributed by atoms with Gasteiger partial charge in [-0.3, -0.25) is 4.99 Å². The second kappa shape index (κ2) is 14.0. The summed E-state index contributed by atoms with van der Waals surface area (Å²) in [5.74, 6) is 1.78. The van der Waals surface area contributed by atoms with Crippen LogP contribution in [0.2, 0.25) is 0 Å². The van der Waals surface area contributed by atoms with E-state index in [1.54, 1.807) is 0 Å². The second-order valence-corrected chi connectivity index (χ2v) is 7.01. The zero-order valence-electron chi connectivity index (χ0n) is 16.0. The standard InChI is InChI=1S/C18H36N4O2.HI/c1-16-6-10-22(11-7-16)12-9-21-18(19-2)20-8-4-13-23-15-17-5-3-14-24-17;/h16-17H,3-15H2,1-2H3,(H2,19,20,21);1H. The maximum absolute atomic E-state index is 5.67. The van der Waals surface area contributed by atoms with Crippen molar-refractivity contribution >= 4 is 29.9 Å². The lowest BCUT2D eigenvalue weighted by atomic mass is 9.99. The van der Waals surface area contributed by atoms with Gasteiger partial charge in [0, 0.05) is 39.9 Å². The van der Waals surface area contributed by atoms with Crippen molar-refractivity contribution in [2.24, 2.45) is 10.9 Å². The number of hydrogen-bond donors (Lipinski definition) is 2. The van der Waals surface area contributed by atoms with Crippen molar-refractivity contribution in [1.29, 1.82) is 0 Å². The Morgan fingerprint density at radius 3 is 2.64 bits per heavy atom. The van der Waals surface area contributed by atoms with Crippen molar-refractivity contribution in [3.05, 3.63) is 0 Å². The number of nitrogens with zero attached hydrogens (tertiary/aromatic N) is 2. The maximum atomic E-state index is 5.67. The molecule has 2 fully saturated rings. The molecule has 2 aliphatic heterocycles. The first-order valence-electron chi connectivity index (χ1n) is 9.64. The van der Waals surface area contributed by atoms with Crippen molar-refractivity contribution in [2.45, 2.75) is 45.1 Å². The van der Waals surface area contributed by atoms with Crippen LogP contribution in [0.4, 0.5) is 0 Å². The van der Waals surface area contributed by atoms with Gasteiger partial charge in [0.2, 0.25) is 0 Å². The van der Waals surface area contributed by atoms with E-state index < -0.39 is 0 Å². The summed E-state index contributed by atoms with van der Waals surface area (Å²) in [6.07, 6.45) is 6.29. The molecule has 0 aromatic rings. The van der Waals surface area contributed by atoms with E-state index in [1.165, 1.54) is 32.4 Å². The van der Waals surface area contributed by atoms with Gasteiger partial charge in [-0.05, 0) is 51.1 Å². The molecule has 1 atom stereocenters. The molecule has 2 N–H and O–H groups in total. The van der Waals surface area contributed by atoms with Crippen LogP contribution in [-0.4, -0.2) is 76.6 Å². The quantitative estimate of drug-likeness (QED) is 0.235. The number of likely N-dealkylation sites (tertiary alicyclic amines) is 1. The maximum Gasteiger partial charge on any atom is 0.191 e. The zero-order valence-corrected chi connectivity index (χ0v) is 18.3. The van der Waals surface area contributed by atoms with E-state index in [4.69, 9.17) is 9.47 Å². The average Bonchev–Trinajstić information content (AvgIpc) is 3.11. The Labute approximate surface area is 170 Å². The average molecular weight is 468 g/mol. The molecule has 2 rings (SSSR count). The van der Waals surface area contributed by atoms with Crippen molar-refractivity contribution < 1.29 is 9.47 Å². The normalized spacial score (nSPS) is 22.6. The third-order valence-corrected chi connectivity index (χ3v) is 4.91. The molecule has 2 saturated heterocycles. The van der Waals surface area contributed by atoms with Crippen molar-refractivity contribution in [3.8, 4) is 0 Å². The number of guanidine groups is 1. The Kier molecular flexibility index (Phi) is 12.8. The zero-order chi connectivity index (χ0) is 17.0. The Hall–Kier alpha value is -0.120. The van der Waals surface area contributed by atoms with Crippen LogP contribution < -0.4 is 10.6 Å². The number of rotatable bonds is 9. The summed E-state index contributed by atoms with van der Waals surface area (Å²) in [5, 5.41) is 6.75. The summed E-state index contributed by atoms with van der Waals surface area (Å²) in [4.78, 5) is 6.82. The van der Waals surface area contributed by atoms with Crippen LogP contribution in [0.5, 0.6) is 0 Å². The Morgan fingerprint density at radius 2 is 1.96 bits per heavy atom. The molecule has 148 valence electrons. The van der Waals surface area contributed by atoms with E-state index in [0.717, 1.165) is 64.2 Å². The highest BCUT2D eigenvalue weighted by Gasteiger charge is 2.15. The van der Waals surface area contributed by atoms with Crippen LogP contribution in [0.1, 0.15) is 39.0 Å². The van der Waals surface area contributed by atoms with Gasteiger partial charge in [-0.1, -0.05) is 6.92 Å². The summed E-state index contributed by atoms with van der Waals surface area (Å²) in [6, 6.07) is 0. The molecule has 0 aromatic heterocycles. The lowest BCUT2D eigenvalue weighted by Crippen LogP contribution is -2.43. The molecule has 7 heteroatoms. The molecule has 0 saturated carbocycles. The molecule has 2 aliphatic rings. The Balaban J connectivity index is 0.00000312. The molecule has 1 unspecified atom stereocenters. The fourth-order valence-electron chi connectivity index (χ4n) is 3.21. The lowest BCUT2D eigenvalue weighted by molar-refractivity contribution is 0.0168. The van der Waals surface area contributed by atoms with Crippen molar-refractivity contribution in [2.75, 3.05) is 59.6 Å². The van der Waals surface area contributed by atoms with E-state index >= 15 is 0 Å². The van der Waals surface area contributed by atoms with Gasteiger partial charge >= 0.3 is 0 Å². The van der Waals surface area contributed by atoms with Gasteiger partial charge < -0.3 is 25.0 Å². The SMILES string of the molecule is CN=C(NCCCOCC1CCCO1)NCCN1CCC(C)CC1.I. The summed E-state index contributed by atoms with van der Waals surface area (Å²) in [5.41, 5.74) is 0. The number of piperidine rings is 1. The lowest BCUT2D eigenvalue weighted by Gasteiger charge is -2.30. The van der Waals surface area contributed by atoms with E-state index in [0.29, 0.717) is 6.10 Å². The van der Waals surface area contributed by atoms with E-state index in [-0.39, 0.29) is 24.0 Å². The number of hydrogen-bond acceptors (Lipinski definition) is 4. The molecule has 25 heavy (non-hydrogen) atoms. The first-order valence-corrected chi connectivity index (χ1v) is 9.64. The van der Waals surface area contributed by atoms with Gasteiger partial charge in [0.25, 0.3) is 0 Å². The smallest absolute Gasteiger partial charge is 0.191 e. The fraction of sp³-hybridized carbons (Fsp3) is 0.944. The van der Waals surface area contributed by atoms with E-state index in [1.807, 2.05) is 7.05 Å². The molecule has 0 radical (unpaired) electrons. The summed E-state index contributed by atoms with van der Waals surface area (Å²) >= 11 is 0. The summed E-state index contributed by atoms with van der Waals surface area (Å²) in [7, 11) is 1.83. The molecular formula is C18H37IN4O2. The number of aliphatic imine (C=N–C) groups is 1. The van der Waals surface area contributed by atoms with Gasteiger partial charge in [0.1, 0.15) is 0 Å². The van der Waals surface area contributed by atoms with Crippen LogP contribution in [0.15, 0.2) is 4.99 Å². The predicted octanol–water partition coefficient (Wildman–Crippen LogP) is 2.09. The van der Waals surface area contributed by atoms with Gasteiger partial charge in [0.05, 0.1) is 12.7 Å². The van der Waals surface area contributed by atoms with Crippen LogP contribution >= 0.6 is 24.0 Å². The van der Waals surface area contributed by atoms with Crippen molar-refractivity contribution in [3.63, 3.8) is 0 Å². The van der Waals surface area contributed by atoms with Gasteiger partial charge in [-0.2, -0.15) is 0 Å². The van der Waals surface area contributed by atoms with E-state index in [9.17, 15) is 0 Å². The highest BCUT2D eigenvalue weighted by Crippen LogP contribution is 2.15. The van der Waals surface area contributed by atoms with Gasteiger partial charge in [-0.15, -0.1) is 24.0 Å². The topological polar surface area (TPSA) is 58.1 Å². The molecule has 0 bridgehead atoms. The Bertz CT molecular complexity index is 357. The summed E-state index contributed by atoms with van der Waals surface area (Å²) < 4.78 is 11.2. The Morgan fingerprint density at radius 1 is 1.20 bits per heavy atom. The number of nitrogens with one attached hydrogen (secondary N) is 2. The molecule has 0 aliphatic carbocycles. The highest BCUT2D eigenvalue weighted by molar-refractivity contribution is 14.0. The first-order chi connectivity index (χ1) is 11.8. The molecule has 6 nitrogen and oxygen atoms in total. The molecular weight excluding hydrogens is 431 g/mol. The molecule has 0 amide bonds. The van der Waals surface area contributed by atoms with Gasteiger partial charge in [0.15, 0.2) is 5.96 Å². The fourth-order valence-corrected chi connectivity index (χ4v) is 3.21. The minimum Gasteiger partial charge on any atom is -0.379 e. The molecule has 0 spiro atoms. The first kappa shape index (κ1) is 22.9. The van der Waals surface area contributed by atoms with Crippen molar-refractivity contribution in [1.82, 2.24) is 15.5 Å². The largest absolute Gasteiger partial charge is 0.379 e. The third kappa shape index (κ3) is 9.96. The second-order valence-electron chi connectivity index (χ2n) is 7.01. The molecule has 0 aromatic carbocycles.